The fraction of sp³-hybridized carbons (Fsp3) is 0.333. The molecule has 0 radical (unpaired) electrons. The van der Waals surface area contributed by atoms with Gasteiger partial charge in [-0.25, -0.2) is 39.9 Å². The first-order valence-electron chi connectivity index (χ1n) is 33.2. The molecule has 0 spiro atoms. The van der Waals surface area contributed by atoms with E-state index in [1.165, 1.54) is 21.9 Å². The lowest BCUT2D eigenvalue weighted by Crippen LogP contribution is -2.54. The van der Waals surface area contributed by atoms with Crippen molar-refractivity contribution in [3.8, 4) is 11.5 Å². The SMILES string of the molecule is CC1(C)Oc2cc(F)c(C(=O)N[C@H]3CCCC[C@@H]3c3cc(F)c(F)cc3F)cc2N(CCN(Cc2ccccc2)Cc2ccccc2)C1=O.CC1(C)Oc2cc(F)c(C(=O)O)cc2N(CCN(Cc2ccccc2)Cc2ccccc2)C1=O.N[C@H]1CCCC[C@@H]1c1cc(F)c(F)cc1F. The third-order valence-corrected chi connectivity index (χ3v) is 18.5. The third kappa shape index (κ3) is 17.9. The first-order chi connectivity index (χ1) is 47.3. The number of ether oxygens (including phenoxy) is 2. The van der Waals surface area contributed by atoms with Crippen LogP contribution < -0.4 is 30.3 Å². The molecule has 8 aromatic rings. The summed E-state index contributed by atoms with van der Waals surface area (Å²) >= 11 is 0. The Kier molecular flexibility index (Phi) is 23.4. The summed E-state index contributed by atoms with van der Waals surface area (Å²) < 4.78 is 124. The monoisotopic (exact) mass is 1360 g/mol. The number of carboxylic acids is 1. The van der Waals surface area contributed by atoms with Crippen LogP contribution in [0.1, 0.15) is 145 Å². The molecule has 12 rings (SSSR count). The van der Waals surface area contributed by atoms with E-state index in [9.17, 15) is 55.0 Å². The molecule has 3 amide bonds. The van der Waals surface area contributed by atoms with Gasteiger partial charge in [-0.15, -0.1) is 0 Å². The maximum atomic E-state index is 15.6. The Labute approximate surface area is 571 Å². The highest BCUT2D eigenvalue weighted by Gasteiger charge is 2.44. The van der Waals surface area contributed by atoms with Crippen LogP contribution in [0.3, 0.4) is 0 Å². The quantitative estimate of drug-likeness (QED) is 0.0526. The number of carbonyl (C=O) groups excluding carboxylic acids is 3. The average molecular weight is 1370 g/mol. The number of aromatic carboxylic acids is 1. The number of fused-ring (bicyclic) bond motifs is 2. The summed E-state index contributed by atoms with van der Waals surface area (Å²) in [5, 5.41) is 12.2. The van der Waals surface area contributed by atoms with Crippen molar-refractivity contribution in [3.05, 3.63) is 261 Å². The van der Waals surface area contributed by atoms with Crippen LogP contribution in [-0.2, 0) is 35.8 Å². The minimum Gasteiger partial charge on any atom is -0.478 e. The van der Waals surface area contributed by atoms with Gasteiger partial charge in [0.1, 0.15) is 34.8 Å². The second-order valence-corrected chi connectivity index (χ2v) is 26.5. The zero-order chi connectivity index (χ0) is 70.7. The molecule has 0 unspecified atom stereocenters. The molecule has 0 bridgehead atoms. The van der Waals surface area contributed by atoms with Crippen LogP contribution in [0.5, 0.6) is 11.5 Å². The highest BCUT2D eigenvalue weighted by atomic mass is 19.2. The van der Waals surface area contributed by atoms with E-state index in [0.717, 1.165) is 72.2 Å². The molecule has 99 heavy (non-hydrogen) atoms. The first-order valence-corrected chi connectivity index (χ1v) is 33.2. The van der Waals surface area contributed by atoms with Gasteiger partial charge >= 0.3 is 5.97 Å². The molecule has 4 aliphatic rings. The van der Waals surface area contributed by atoms with E-state index in [2.05, 4.69) is 39.4 Å². The van der Waals surface area contributed by atoms with Gasteiger partial charge in [-0.2, -0.15) is 0 Å². The summed E-state index contributed by atoms with van der Waals surface area (Å²) in [5.41, 5.74) is 7.82. The van der Waals surface area contributed by atoms with Crippen molar-refractivity contribution in [1.82, 2.24) is 15.1 Å². The van der Waals surface area contributed by atoms with E-state index in [0.29, 0.717) is 83.6 Å². The van der Waals surface area contributed by atoms with Crippen molar-refractivity contribution in [2.24, 2.45) is 5.73 Å². The number of rotatable bonds is 19. The molecule has 2 heterocycles. The summed E-state index contributed by atoms with van der Waals surface area (Å²) in [7, 11) is 0. The van der Waals surface area contributed by atoms with Gasteiger partial charge in [-0.05, 0) is 111 Å². The van der Waals surface area contributed by atoms with Crippen LogP contribution in [-0.4, -0.2) is 88.1 Å². The summed E-state index contributed by atoms with van der Waals surface area (Å²) in [5.74, 6) is -11.3. The van der Waals surface area contributed by atoms with Crippen molar-refractivity contribution in [1.29, 1.82) is 0 Å². The van der Waals surface area contributed by atoms with Crippen molar-refractivity contribution in [3.63, 3.8) is 0 Å². The predicted molar refractivity (Wildman–Crippen MR) is 362 cm³/mol. The van der Waals surface area contributed by atoms with E-state index in [-0.39, 0.29) is 69.9 Å². The fourth-order valence-corrected chi connectivity index (χ4v) is 13.3. The topological polar surface area (TPSA) is 158 Å². The van der Waals surface area contributed by atoms with Crippen molar-refractivity contribution in [2.75, 3.05) is 36.0 Å². The van der Waals surface area contributed by atoms with Crippen LogP contribution in [0.4, 0.5) is 46.5 Å². The summed E-state index contributed by atoms with van der Waals surface area (Å²) in [6.45, 7) is 10.6. The summed E-state index contributed by atoms with van der Waals surface area (Å²) in [4.78, 5) is 59.7. The van der Waals surface area contributed by atoms with Crippen LogP contribution in [0, 0.1) is 46.5 Å². The lowest BCUT2D eigenvalue weighted by Gasteiger charge is -2.40. The number of nitrogens with two attached hydrogens (primary N) is 1. The van der Waals surface area contributed by atoms with Gasteiger partial charge in [-0.1, -0.05) is 147 Å². The fourth-order valence-electron chi connectivity index (χ4n) is 13.3. The van der Waals surface area contributed by atoms with E-state index >= 15 is 4.39 Å². The molecule has 0 saturated heterocycles. The lowest BCUT2D eigenvalue weighted by atomic mass is 9.79. The van der Waals surface area contributed by atoms with Crippen molar-refractivity contribution >= 4 is 35.1 Å². The summed E-state index contributed by atoms with van der Waals surface area (Å²) in [6.07, 6.45) is 5.83. The molecule has 2 aliphatic heterocycles. The largest absolute Gasteiger partial charge is 0.478 e. The van der Waals surface area contributed by atoms with E-state index in [4.69, 9.17) is 15.2 Å². The number of halogens is 8. The zero-order valence-corrected chi connectivity index (χ0v) is 55.6. The highest BCUT2D eigenvalue weighted by Crippen LogP contribution is 2.43. The molecular weight excluding hydrogens is 1280 g/mol. The number of carboxylic acid groups (broad SMARTS) is 1. The molecule has 520 valence electrons. The van der Waals surface area contributed by atoms with Gasteiger partial charge < -0.3 is 35.4 Å². The van der Waals surface area contributed by atoms with E-state index in [1.807, 2.05) is 97.1 Å². The molecule has 0 aromatic heterocycles. The second kappa shape index (κ2) is 32.0. The number of carbonyl (C=O) groups is 4. The van der Waals surface area contributed by atoms with Gasteiger partial charge in [0.05, 0.1) is 22.5 Å². The maximum Gasteiger partial charge on any atom is 0.338 e. The smallest absolute Gasteiger partial charge is 0.338 e. The molecule has 13 nitrogen and oxygen atoms in total. The molecule has 4 N–H and O–H groups in total. The van der Waals surface area contributed by atoms with E-state index in [1.54, 1.807) is 27.7 Å². The molecule has 21 heteroatoms. The van der Waals surface area contributed by atoms with E-state index < -0.39 is 87.1 Å². The van der Waals surface area contributed by atoms with Gasteiger partial charge in [0.2, 0.25) is 0 Å². The van der Waals surface area contributed by atoms with Crippen LogP contribution in [0.25, 0.3) is 0 Å². The van der Waals surface area contributed by atoms with Crippen molar-refractivity contribution in [2.45, 2.75) is 140 Å². The van der Waals surface area contributed by atoms with Crippen LogP contribution >= 0.6 is 0 Å². The van der Waals surface area contributed by atoms with Gasteiger partial charge in [0.25, 0.3) is 17.7 Å². The number of hydrogen-bond donors (Lipinski definition) is 3. The number of nitrogens with zero attached hydrogens (tertiary/aromatic N) is 4. The first kappa shape index (κ1) is 72.3. The second-order valence-electron chi connectivity index (χ2n) is 26.5. The number of hydrogen-bond acceptors (Lipinski definition) is 9. The number of amides is 3. The molecule has 4 atom stereocenters. The standard InChI is InChI=1S/C39H39F4N3O3.C27H27FN2O4.C12H14F3N/c1-39(2)38(48)46(18-17-45(23-25-11-5-3-6-12-25)24-26-13-7-4-8-14-26)35-20-29(31(41)22-36(35)49-39)37(47)44-34-16-10-9-15-27(34)28-19-32(42)33(43)21-30(28)40;1-27(2)26(33)30(23-15-21(25(31)32)22(28)16-24(23)34-27)14-13-29(17-19-9-5-3-6-10-19)18-20-11-7-4-8-12-20;13-9-6-11(15)10(14)5-8(9)7-3-1-2-4-12(7)16/h3-8,11-14,19-22,27,34H,9-10,15-18,23-24H2,1-2H3,(H,44,47);3-12,15-16H,13-14,17-18H2,1-2H3,(H,31,32);5-7,12H,1-4,16H2/t27-,34+;;7-,12+/m1.1/s1. The Hall–Kier alpha value is -9.44. The Balaban J connectivity index is 0.000000182. The predicted octanol–water partition coefficient (Wildman–Crippen LogP) is 15.7. The molecule has 2 aliphatic carbocycles. The molecule has 2 saturated carbocycles. The van der Waals surface area contributed by atoms with Gasteiger partial charge in [-0.3, -0.25) is 24.2 Å². The molecular formula is C78H80F8N6O7. The number of benzene rings is 8. The minimum atomic E-state index is -1.40. The van der Waals surface area contributed by atoms with Gasteiger partial charge in [0, 0.05) is 101 Å². The third-order valence-electron chi connectivity index (χ3n) is 18.5. The Morgan fingerprint density at radius 3 is 1.23 bits per heavy atom. The van der Waals surface area contributed by atoms with Gasteiger partial charge in [0.15, 0.2) is 34.5 Å². The Morgan fingerprint density at radius 1 is 0.475 bits per heavy atom. The Morgan fingerprint density at radius 2 is 0.828 bits per heavy atom. The zero-order valence-electron chi connectivity index (χ0n) is 55.6. The normalized spacial score (nSPS) is 18.4. The number of nitrogens with one attached hydrogen (secondary N) is 1. The molecule has 8 aromatic carbocycles. The minimum absolute atomic E-state index is 0.0298. The molecule has 2 fully saturated rings. The summed E-state index contributed by atoms with van der Waals surface area (Å²) in [6, 6.07) is 46.9. The lowest BCUT2D eigenvalue weighted by molar-refractivity contribution is -0.133. The maximum absolute atomic E-state index is 15.6. The average Bonchev–Trinajstić information content (AvgIpc) is 0.764. The van der Waals surface area contributed by atoms with Crippen LogP contribution in [0.2, 0.25) is 0 Å². The Bertz CT molecular complexity index is 4070. The number of anilines is 2. The van der Waals surface area contributed by atoms with Crippen LogP contribution in [0.15, 0.2) is 170 Å². The highest BCUT2D eigenvalue weighted by molar-refractivity contribution is 6.05. The van der Waals surface area contributed by atoms with Crippen molar-refractivity contribution < 1.29 is 68.9 Å².